The highest BCUT2D eigenvalue weighted by molar-refractivity contribution is 7.51. The van der Waals surface area contributed by atoms with Crippen molar-refractivity contribution in [1.82, 2.24) is 11.5 Å². The summed E-state index contributed by atoms with van der Waals surface area (Å²) in [6, 6.07) is -1.14. The minimum atomic E-state index is -4.28. The number of aliphatic carboxylic acids is 1. The molecule has 11 N–H and O–H groups in total. The molecular weight excluding hydrogens is 265 g/mol. The Morgan fingerprint density at radius 3 is 2.39 bits per heavy atom. The van der Waals surface area contributed by atoms with Crippen LogP contribution in [-0.2, 0) is 9.36 Å². The third kappa shape index (κ3) is 11.3. The van der Waals surface area contributed by atoms with Gasteiger partial charge in [-0.05, 0) is 12.8 Å². The molecule has 11 heteroatoms. The van der Waals surface area contributed by atoms with Crippen molar-refractivity contribution >= 4 is 19.5 Å². The third-order valence-electron chi connectivity index (χ3n) is 1.77. The number of nitrogens with one attached hydrogen (secondary N) is 1. The number of hydrogen-bond acceptors (Lipinski definition) is 5. The smallest absolute Gasteiger partial charge is 0.339 e. The van der Waals surface area contributed by atoms with Crippen LogP contribution in [0, 0.1) is 0 Å². The van der Waals surface area contributed by atoms with E-state index in [1.807, 2.05) is 0 Å². The molecule has 0 aromatic rings. The molecule has 0 aliphatic carbocycles. The molecule has 0 bridgehead atoms. The van der Waals surface area contributed by atoms with Crippen molar-refractivity contribution in [1.29, 1.82) is 0 Å². The molecule has 0 aliphatic heterocycles. The zero-order valence-electron chi connectivity index (χ0n) is 10.1. The van der Waals surface area contributed by atoms with Crippen LogP contribution < -0.4 is 28.0 Å². The molecule has 0 aliphatic rings. The minimum absolute atomic E-state index is 0. The lowest BCUT2D eigenvalue weighted by molar-refractivity contribution is -0.308. The number of guanidine groups is 1. The van der Waals surface area contributed by atoms with Gasteiger partial charge in [0.1, 0.15) is 0 Å². The Kier molecular flexibility index (Phi) is 9.40. The average Bonchev–Trinajstić information content (AvgIpc) is 2.13. The molecule has 108 valence electrons. The second-order valence-corrected chi connectivity index (χ2v) is 4.99. The standard InChI is InChI=1S/C7H17N4O5P.H3N/c8-7(9)10-3-1-2-5(6(12)13)11-4-17(14,15)16;/h5,11H,1-4H2,(H,12,13)(H4,8,9,10)(H2,14,15,16);1H3/t5-;/m0./s1. The predicted octanol–water partition coefficient (Wildman–Crippen LogP) is -2.74. The fourth-order valence-electron chi connectivity index (χ4n) is 1.04. The van der Waals surface area contributed by atoms with Crippen LogP contribution in [0.2, 0.25) is 0 Å². The Bertz CT molecular complexity index is 326. The quantitative estimate of drug-likeness (QED) is 0.119. The average molecular weight is 285 g/mol. The van der Waals surface area contributed by atoms with Crippen molar-refractivity contribution in [2.75, 3.05) is 12.8 Å². The summed E-state index contributed by atoms with van der Waals surface area (Å²) in [7, 11) is -4.28. The molecular formula is C7H20N5O5P. The van der Waals surface area contributed by atoms with E-state index in [2.05, 4.69) is 10.3 Å². The first-order valence-corrected chi connectivity index (χ1v) is 6.56. The van der Waals surface area contributed by atoms with Gasteiger partial charge in [-0.15, -0.1) is 0 Å². The predicted molar refractivity (Wildman–Crippen MR) is 64.7 cm³/mol. The Balaban J connectivity index is 0. The van der Waals surface area contributed by atoms with Crippen LogP contribution in [0.5, 0.6) is 0 Å². The van der Waals surface area contributed by atoms with E-state index in [9.17, 15) is 14.5 Å². The molecule has 10 nitrogen and oxygen atoms in total. The van der Waals surface area contributed by atoms with Gasteiger partial charge in [0.05, 0.1) is 12.3 Å². The lowest BCUT2D eigenvalue weighted by atomic mass is 10.1. The molecule has 0 fully saturated rings. The summed E-state index contributed by atoms with van der Waals surface area (Å²) in [6.45, 7) is 0.240. The number of carboxylic acid groups (broad SMARTS) is 1. The van der Waals surface area contributed by atoms with E-state index in [1.165, 1.54) is 0 Å². The molecule has 0 saturated heterocycles. The molecule has 0 rings (SSSR count). The Labute approximate surface area is 104 Å². The molecule has 0 unspecified atom stereocenters. The summed E-state index contributed by atoms with van der Waals surface area (Å²) < 4.78 is 10.5. The first-order valence-electron chi connectivity index (χ1n) is 4.76. The number of nitrogens with zero attached hydrogens (tertiary/aromatic N) is 1. The maximum Gasteiger partial charge on any atom is 0.339 e. The molecule has 1 atom stereocenters. The number of rotatable bonds is 8. The van der Waals surface area contributed by atoms with Gasteiger partial charge in [0.25, 0.3) is 0 Å². The van der Waals surface area contributed by atoms with Crippen LogP contribution in [0.3, 0.4) is 0 Å². The SMILES string of the molecule is NC(N)=NCCC[C@H](NCP(=O)(O)O)C(=O)[O-].[NH4+]. The first-order chi connectivity index (χ1) is 7.72. The van der Waals surface area contributed by atoms with Crippen LogP contribution >= 0.6 is 7.60 Å². The molecule has 0 aromatic carbocycles. The van der Waals surface area contributed by atoms with E-state index >= 15 is 0 Å². The van der Waals surface area contributed by atoms with E-state index in [4.69, 9.17) is 21.3 Å². The number of carbonyl (C=O) groups excluding carboxylic acids is 1. The van der Waals surface area contributed by atoms with Gasteiger partial charge in [-0.1, -0.05) is 0 Å². The van der Waals surface area contributed by atoms with Crippen LogP contribution in [0.1, 0.15) is 12.8 Å². The highest BCUT2D eigenvalue weighted by Gasteiger charge is 2.16. The largest absolute Gasteiger partial charge is 0.548 e. The fourth-order valence-corrected chi connectivity index (χ4v) is 1.49. The zero-order valence-corrected chi connectivity index (χ0v) is 11.0. The van der Waals surface area contributed by atoms with Gasteiger partial charge in [-0.3, -0.25) is 14.9 Å². The molecule has 0 spiro atoms. The van der Waals surface area contributed by atoms with Gasteiger partial charge in [0.2, 0.25) is 0 Å². The fraction of sp³-hybridized carbons (Fsp3) is 0.714. The van der Waals surface area contributed by atoms with Gasteiger partial charge in [0, 0.05) is 12.6 Å². The molecule has 0 amide bonds. The maximum atomic E-state index is 10.6. The maximum absolute atomic E-state index is 10.6. The highest BCUT2D eigenvalue weighted by atomic mass is 31.2. The van der Waals surface area contributed by atoms with E-state index < -0.39 is 25.9 Å². The van der Waals surface area contributed by atoms with Crippen LogP contribution in [0.25, 0.3) is 0 Å². The number of quaternary nitrogens is 1. The second-order valence-electron chi connectivity index (χ2n) is 3.35. The van der Waals surface area contributed by atoms with Crippen LogP contribution in [0.15, 0.2) is 4.99 Å². The lowest BCUT2D eigenvalue weighted by Gasteiger charge is -2.19. The van der Waals surface area contributed by atoms with Gasteiger partial charge >= 0.3 is 7.60 Å². The lowest BCUT2D eigenvalue weighted by Crippen LogP contribution is -2.45. The summed E-state index contributed by atoms with van der Waals surface area (Å²) in [5, 5.41) is 12.8. The van der Waals surface area contributed by atoms with Gasteiger partial charge in [-0.25, -0.2) is 0 Å². The summed E-state index contributed by atoms with van der Waals surface area (Å²) in [5.41, 5.74) is 10.1. The van der Waals surface area contributed by atoms with E-state index in [0.717, 1.165) is 0 Å². The number of aliphatic imine (C=N–C) groups is 1. The third-order valence-corrected chi connectivity index (χ3v) is 2.37. The second kappa shape index (κ2) is 8.84. The molecule has 0 saturated carbocycles. The van der Waals surface area contributed by atoms with E-state index in [1.54, 1.807) is 0 Å². The Morgan fingerprint density at radius 2 is 2.00 bits per heavy atom. The monoisotopic (exact) mass is 285 g/mol. The Hall–Kier alpha value is -1.19. The zero-order chi connectivity index (χ0) is 13.5. The summed E-state index contributed by atoms with van der Waals surface area (Å²) in [6.07, 6.45) is -0.252. The van der Waals surface area contributed by atoms with Crippen molar-refractivity contribution in [3.05, 3.63) is 0 Å². The summed E-state index contributed by atoms with van der Waals surface area (Å²) >= 11 is 0. The van der Waals surface area contributed by atoms with Gasteiger partial charge in [-0.2, -0.15) is 0 Å². The van der Waals surface area contributed by atoms with Gasteiger partial charge in [0.15, 0.2) is 5.96 Å². The Morgan fingerprint density at radius 1 is 1.44 bits per heavy atom. The van der Waals surface area contributed by atoms with Crippen LogP contribution in [0.4, 0.5) is 0 Å². The van der Waals surface area contributed by atoms with E-state index in [0.29, 0.717) is 6.42 Å². The number of hydrogen-bond donors (Lipinski definition) is 6. The van der Waals surface area contributed by atoms with Crippen molar-refractivity contribution in [3.63, 3.8) is 0 Å². The number of nitrogens with two attached hydrogens (primary N) is 2. The minimum Gasteiger partial charge on any atom is -0.548 e. The normalized spacial score (nSPS) is 12.3. The van der Waals surface area contributed by atoms with Crippen molar-refractivity contribution in [2.45, 2.75) is 18.9 Å². The highest BCUT2D eigenvalue weighted by Crippen LogP contribution is 2.32. The molecule has 0 heterocycles. The van der Waals surface area contributed by atoms with Crippen molar-refractivity contribution in [3.8, 4) is 0 Å². The molecule has 18 heavy (non-hydrogen) atoms. The van der Waals surface area contributed by atoms with Crippen LogP contribution in [-0.4, -0.2) is 40.6 Å². The summed E-state index contributed by atoms with van der Waals surface area (Å²) in [4.78, 5) is 31.4. The van der Waals surface area contributed by atoms with E-state index in [-0.39, 0.29) is 25.1 Å². The van der Waals surface area contributed by atoms with Crippen molar-refractivity contribution in [2.24, 2.45) is 16.5 Å². The van der Waals surface area contributed by atoms with Gasteiger partial charge < -0.3 is 37.3 Å². The first kappa shape index (κ1) is 19.2. The number of carbonyl (C=O) groups is 1. The van der Waals surface area contributed by atoms with Crippen molar-refractivity contribution < 1.29 is 24.3 Å². The molecule has 0 radical (unpaired) electrons. The molecule has 0 aromatic heterocycles. The number of carboxylic acids is 1. The topological polar surface area (TPSA) is 211 Å². The summed E-state index contributed by atoms with van der Waals surface area (Å²) in [5.74, 6) is -1.53.